The third-order valence-corrected chi connectivity index (χ3v) is 1.89. The van der Waals surface area contributed by atoms with E-state index in [0.717, 1.165) is 5.56 Å². The summed E-state index contributed by atoms with van der Waals surface area (Å²) in [7, 11) is 0. The van der Waals surface area contributed by atoms with Gasteiger partial charge in [-0.2, -0.15) is 5.26 Å². The van der Waals surface area contributed by atoms with Gasteiger partial charge >= 0.3 is 0 Å². The molecule has 0 fully saturated rings. The van der Waals surface area contributed by atoms with Gasteiger partial charge in [0.15, 0.2) is 0 Å². The number of nitriles is 1. The lowest BCUT2D eigenvalue weighted by Gasteiger charge is -2.07. The Morgan fingerprint density at radius 3 is 2.86 bits per heavy atom. The van der Waals surface area contributed by atoms with Crippen LogP contribution < -0.4 is 5.32 Å². The molecule has 0 aromatic heterocycles. The summed E-state index contributed by atoms with van der Waals surface area (Å²) in [6, 6.07) is 9.58. The minimum atomic E-state index is -0.357. The molecule has 14 heavy (non-hydrogen) atoms. The molecule has 3 heteroatoms. The number of nitrogens with one attached hydrogen (secondary N) is 1. The van der Waals surface area contributed by atoms with Crippen molar-refractivity contribution in [2.24, 2.45) is 0 Å². The first kappa shape index (κ1) is 10.7. The SMILES string of the molecule is CC(O)CNCc1ccccc1C#N. The van der Waals surface area contributed by atoms with E-state index in [4.69, 9.17) is 10.4 Å². The van der Waals surface area contributed by atoms with Crippen molar-refractivity contribution in [2.75, 3.05) is 6.54 Å². The lowest BCUT2D eigenvalue weighted by atomic mass is 10.1. The van der Waals surface area contributed by atoms with Gasteiger partial charge in [-0.15, -0.1) is 0 Å². The van der Waals surface area contributed by atoms with Crippen LogP contribution in [0, 0.1) is 11.3 Å². The van der Waals surface area contributed by atoms with E-state index in [1.165, 1.54) is 0 Å². The Balaban J connectivity index is 2.54. The zero-order valence-electron chi connectivity index (χ0n) is 8.20. The molecule has 0 aliphatic carbocycles. The van der Waals surface area contributed by atoms with Gasteiger partial charge in [0.2, 0.25) is 0 Å². The predicted octanol–water partition coefficient (Wildman–Crippen LogP) is 1.03. The molecule has 74 valence electrons. The summed E-state index contributed by atoms with van der Waals surface area (Å²) in [5.41, 5.74) is 1.65. The Kier molecular flexibility index (Phi) is 4.11. The van der Waals surface area contributed by atoms with Crippen molar-refractivity contribution in [1.29, 1.82) is 5.26 Å². The Hall–Kier alpha value is -1.37. The molecule has 0 aliphatic rings. The van der Waals surface area contributed by atoms with Crippen LogP contribution in [0.25, 0.3) is 0 Å². The molecular formula is C11H14N2O. The highest BCUT2D eigenvalue weighted by Crippen LogP contribution is 2.06. The van der Waals surface area contributed by atoms with Crippen molar-refractivity contribution in [3.63, 3.8) is 0 Å². The Bertz CT molecular complexity index is 328. The van der Waals surface area contributed by atoms with E-state index in [0.29, 0.717) is 18.7 Å². The monoisotopic (exact) mass is 190 g/mol. The molecule has 0 spiro atoms. The first-order valence-electron chi connectivity index (χ1n) is 4.61. The first-order valence-corrected chi connectivity index (χ1v) is 4.61. The summed E-state index contributed by atoms with van der Waals surface area (Å²) in [6.07, 6.45) is -0.357. The number of aliphatic hydroxyl groups excluding tert-OH is 1. The standard InChI is InChI=1S/C11H14N2O/c1-9(14)7-13-8-11-5-3-2-4-10(11)6-12/h2-5,9,13-14H,7-8H2,1H3. The number of rotatable bonds is 4. The van der Waals surface area contributed by atoms with Gasteiger partial charge in [0.25, 0.3) is 0 Å². The fourth-order valence-corrected chi connectivity index (χ4v) is 1.20. The van der Waals surface area contributed by atoms with E-state index in [-0.39, 0.29) is 6.10 Å². The fourth-order valence-electron chi connectivity index (χ4n) is 1.20. The smallest absolute Gasteiger partial charge is 0.0995 e. The van der Waals surface area contributed by atoms with Gasteiger partial charge in [0, 0.05) is 13.1 Å². The largest absolute Gasteiger partial charge is 0.392 e. The zero-order chi connectivity index (χ0) is 10.4. The molecule has 0 heterocycles. The molecule has 1 aromatic rings. The van der Waals surface area contributed by atoms with E-state index in [1.807, 2.05) is 18.2 Å². The number of nitrogens with zero attached hydrogens (tertiary/aromatic N) is 1. The molecule has 3 nitrogen and oxygen atoms in total. The Labute approximate surface area is 84.0 Å². The summed E-state index contributed by atoms with van der Waals surface area (Å²) in [6.45, 7) is 2.89. The molecule has 0 saturated heterocycles. The molecule has 0 bridgehead atoms. The van der Waals surface area contributed by atoms with Gasteiger partial charge in [0.1, 0.15) is 0 Å². The van der Waals surface area contributed by atoms with E-state index >= 15 is 0 Å². The molecule has 0 amide bonds. The van der Waals surface area contributed by atoms with Crippen molar-refractivity contribution >= 4 is 0 Å². The Morgan fingerprint density at radius 2 is 2.21 bits per heavy atom. The molecule has 0 radical (unpaired) electrons. The molecule has 2 N–H and O–H groups in total. The maximum absolute atomic E-state index is 9.03. The molecule has 1 unspecified atom stereocenters. The van der Waals surface area contributed by atoms with Crippen molar-refractivity contribution < 1.29 is 5.11 Å². The molecule has 1 rings (SSSR count). The lowest BCUT2D eigenvalue weighted by molar-refractivity contribution is 0.191. The van der Waals surface area contributed by atoms with E-state index < -0.39 is 0 Å². The zero-order valence-corrected chi connectivity index (χ0v) is 8.20. The minimum absolute atomic E-state index is 0.357. The lowest BCUT2D eigenvalue weighted by Crippen LogP contribution is -2.24. The first-order chi connectivity index (χ1) is 6.74. The summed E-state index contributed by atoms with van der Waals surface area (Å²) in [5.74, 6) is 0. The van der Waals surface area contributed by atoms with Crippen molar-refractivity contribution in [1.82, 2.24) is 5.32 Å². The van der Waals surface area contributed by atoms with E-state index in [1.54, 1.807) is 13.0 Å². The van der Waals surface area contributed by atoms with Crippen LogP contribution in [0.4, 0.5) is 0 Å². The van der Waals surface area contributed by atoms with Gasteiger partial charge in [-0.1, -0.05) is 18.2 Å². The maximum Gasteiger partial charge on any atom is 0.0995 e. The number of benzene rings is 1. The minimum Gasteiger partial charge on any atom is -0.392 e. The van der Waals surface area contributed by atoms with Crippen LogP contribution in [-0.2, 0) is 6.54 Å². The fraction of sp³-hybridized carbons (Fsp3) is 0.364. The molecule has 1 aromatic carbocycles. The van der Waals surface area contributed by atoms with Crippen LogP contribution in [0.1, 0.15) is 18.1 Å². The normalized spacial score (nSPS) is 12.1. The maximum atomic E-state index is 9.03. The number of aliphatic hydroxyl groups is 1. The highest BCUT2D eigenvalue weighted by atomic mass is 16.3. The van der Waals surface area contributed by atoms with E-state index in [2.05, 4.69) is 11.4 Å². The highest BCUT2D eigenvalue weighted by molar-refractivity contribution is 5.37. The molecule has 0 saturated carbocycles. The second kappa shape index (κ2) is 5.38. The van der Waals surface area contributed by atoms with Crippen LogP contribution in [-0.4, -0.2) is 17.8 Å². The Morgan fingerprint density at radius 1 is 1.50 bits per heavy atom. The summed E-state index contributed by atoms with van der Waals surface area (Å²) < 4.78 is 0. The van der Waals surface area contributed by atoms with Crippen LogP contribution in [0.2, 0.25) is 0 Å². The average Bonchev–Trinajstić information content (AvgIpc) is 2.18. The molecule has 1 atom stereocenters. The van der Waals surface area contributed by atoms with Crippen molar-refractivity contribution in [3.8, 4) is 6.07 Å². The quantitative estimate of drug-likeness (QED) is 0.745. The van der Waals surface area contributed by atoms with Crippen molar-refractivity contribution in [2.45, 2.75) is 19.6 Å². The number of hydrogen-bond acceptors (Lipinski definition) is 3. The molecule has 0 aliphatic heterocycles. The van der Waals surface area contributed by atoms with Gasteiger partial charge in [-0.3, -0.25) is 0 Å². The van der Waals surface area contributed by atoms with Gasteiger partial charge in [0.05, 0.1) is 17.7 Å². The third-order valence-electron chi connectivity index (χ3n) is 1.89. The third kappa shape index (κ3) is 3.17. The second-order valence-electron chi connectivity index (χ2n) is 3.25. The average molecular weight is 190 g/mol. The van der Waals surface area contributed by atoms with Gasteiger partial charge in [-0.05, 0) is 18.6 Å². The van der Waals surface area contributed by atoms with Gasteiger partial charge < -0.3 is 10.4 Å². The topological polar surface area (TPSA) is 56.0 Å². The second-order valence-corrected chi connectivity index (χ2v) is 3.25. The van der Waals surface area contributed by atoms with E-state index in [9.17, 15) is 0 Å². The molecular weight excluding hydrogens is 176 g/mol. The van der Waals surface area contributed by atoms with Crippen LogP contribution in [0.3, 0.4) is 0 Å². The van der Waals surface area contributed by atoms with Crippen LogP contribution in [0.15, 0.2) is 24.3 Å². The van der Waals surface area contributed by atoms with Crippen LogP contribution in [0.5, 0.6) is 0 Å². The predicted molar refractivity (Wildman–Crippen MR) is 54.5 cm³/mol. The summed E-state index contributed by atoms with van der Waals surface area (Å²) in [5, 5.41) is 20.9. The number of hydrogen-bond donors (Lipinski definition) is 2. The van der Waals surface area contributed by atoms with Crippen molar-refractivity contribution in [3.05, 3.63) is 35.4 Å². The van der Waals surface area contributed by atoms with Crippen LogP contribution >= 0.6 is 0 Å². The summed E-state index contributed by atoms with van der Waals surface area (Å²) in [4.78, 5) is 0. The highest BCUT2D eigenvalue weighted by Gasteiger charge is 2.00. The summed E-state index contributed by atoms with van der Waals surface area (Å²) >= 11 is 0. The van der Waals surface area contributed by atoms with Gasteiger partial charge in [-0.25, -0.2) is 0 Å².